The van der Waals surface area contributed by atoms with Crippen LogP contribution in [0.4, 0.5) is 0 Å². The smallest absolute Gasteiger partial charge is 0.243 e. The molecule has 3 aliphatic rings. The van der Waals surface area contributed by atoms with Crippen molar-refractivity contribution in [2.24, 2.45) is 5.92 Å². The van der Waals surface area contributed by atoms with Gasteiger partial charge >= 0.3 is 0 Å². The average Bonchev–Trinajstić information content (AvgIpc) is 3.38. The third kappa shape index (κ3) is 4.24. The molecule has 9 heteroatoms. The Morgan fingerprint density at radius 3 is 2.35 bits per heavy atom. The third-order valence-electron chi connectivity index (χ3n) is 6.91. The number of fused-ring (bicyclic) bond motifs is 1. The van der Waals surface area contributed by atoms with Crippen molar-refractivity contribution in [1.82, 2.24) is 9.21 Å². The Bertz CT molecular complexity index is 1210. The molecule has 1 amide bonds. The summed E-state index contributed by atoms with van der Waals surface area (Å²) in [6.07, 6.45) is 2.84. The lowest BCUT2D eigenvalue weighted by Gasteiger charge is -2.34. The molecular weight excluding hydrogens is 454 g/mol. The number of benzene rings is 2. The SMILES string of the molecule is N#Cc1ccc(S(=O)(=O)N2CCC(C(=O)N3CCCC3c3ccc4c(c3)OCCO4)CC2)cc1. The quantitative estimate of drug-likeness (QED) is 0.665. The predicted molar refractivity (Wildman–Crippen MR) is 124 cm³/mol. The molecule has 8 nitrogen and oxygen atoms in total. The van der Waals surface area contributed by atoms with Crippen LogP contribution < -0.4 is 9.47 Å². The van der Waals surface area contributed by atoms with Gasteiger partial charge in [-0.1, -0.05) is 6.07 Å². The number of amides is 1. The van der Waals surface area contributed by atoms with E-state index in [4.69, 9.17) is 14.7 Å². The summed E-state index contributed by atoms with van der Waals surface area (Å²) in [6, 6.07) is 13.9. The monoisotopic (exact) mass is 481 g/mol. The van der Waals surface area contributed by atoms with Gasteiger partial charge in [0.1, 0.15) is 13.2 Å². The van der Waals surface area contributed by atoms with Crippen molar-refractivity contribution < 1.29 is 22.7 Å². The van der Waals surface area contributed by atoms with Crippen molar-refractivity contribution in [3.63, 3.8) is 0 Å². The summed E-state index contributed by atoms with van der Waals surface area (Å²) in [5.74, 6) is 1.38. The highest BCUT2D eigenvalue weighted by Crippen LogP contribution is 2.39. The summed E-state index contributed by atoms with van der Waals surface area (Å²) in [5.41, 5.74) is 1.47. The fraction of sp³-hybridized carbons (Fsp3) is 0.440. The number of carbonyl (C=O) groups is 1. The van der Waals surface area contributed by atoms with E-state index in [0.29, 0.717) is 51.3 Å². The lowest BCUT2D eigenvalue weighted by Crippen LogP contribution is -2.44. The van der Waals surface area contributed by atoms with Crippen LogP contribution in [0.25, 0.3) is 0 Å². The lowest BCUT2D eigenvalue weighted by molar-refractivity contribution is -0.137. The minimum Gasteiger partial charge on any atom is -0.486 e. The molecule has 5 rings (SSSR count). The van der Waals surface area contributed by atoms with Crippen LogP contribution >= 0.6 is 0 Å². The van der Waals surface area contributed by atoms with Gasteiger partial charge in [-0.25, -0.2) is 8.42 Å². The van der Waals surface area contributed by atoms with Crippen LogP contribution in [0.1, 0.15) is 42.9 Å². The van der Waals surface area contributed by atoms with Crippen LogP contribution in [-0.2, 0) is 14.8 Å². The zero-order valence-corrected chi connectivity index (χ0v) is 19.7. The molecule has 0 saturated carbocycles. The molecule has 3 aliphatic heterocycles. The van der Waals surface area contributed by atoms with Crippen LogP contribution in [0.15, 0.2) is 47.4 Å². The molecule has 2 saturated heterocycles. The second-order valence-corrected chi connectivity index (χ2v) is 10.8. The summed E-state index contributed by atoms with van der Waals surface area (Å²) in [4.78, 5) is 15.6. The molecule has 0 aliphatic carbocycles. The standard InChI is InChI=1S/C25H27N3O5S/c26-17-18-3-6-21(7-4-18)34(30,31)27-12-9-19(10-13-27)25(29)28-11-1-2-22(28)20-5-8-23-24(16-20)33-15-14-32-23/h3-8,16,19,22H,1-2,9-15H2. The van der Waals surface area contributed by atoms with Crippen molar-refractivity contribution in [3.05, 3.63) is 53.6 Å². The normalized spacial score (nSPS) is 21.3. The highest BCUT2D eigenvalue weighted by Gasteiger charge is 2.38. The summed E-state index contributed by atoms with van der Waals surface area (Å²) in [6.45, 7) is 2.39. The van der Waals surface area contributed by atoms with E-state index in [1.807, 2.05) is 29.2 Å². The minimum absolute atomic E-state index is 0.00346. The zero-order chi connectivity index (χ0) is 23.7. The van der Waals surface area contributed by atoms with Gasteiger partial charge in [0.05, 0.1) is 22.6 Å². The van der Waals surface area contributed by atoms with Crippen molar-refractivity contribution in [2.75, 3.05) is 32.8 Å². The summed E-state index contributed by atoms with van der Waals surface area (Å²) in [5, 5.41) is 8.94. The largest absolute Gasteiger partial charge is 0.486 e. The Kier molecular flexibility index (Phi) is 6.19. The van der Waals surface area contributed by atoms with E-state index in [1.165, 1.54) is 28.6 Å². The molecule has 2 aromatic rings. The Balaban J connectivity index is 1.25. The van der Waals surface area contributed by atoms with Crippen LogP contribution in [0.3, 0.4) is 0 Å². The second-order valence-electron chi connectivity index (χ2n) is 8.91. The van der Waals surface area contributed by atoms with E-state index in [2.05, 4.69) is 0 Å². The maximum Gasteiger partial charge on any atom is 0.243 e. The number of hydrogen-bond donors (Lipinski definition) is 0. The Labute approximate surface area is 199 Å². The van der Waals surface area contributed by atoms with E-state index < -0.39 is 10.0 Å². The number of rotatable bonds is 4. The molecule has 0 spiro atoms. The molecule has 0 aromatic heterocycles. The molecule has 3 heterocycles. The zero-order valence-electron chi connectivity index (χ0n) is 18.9. The van der Waals surface area contributed by atoms with Crippen LogP contribution in [0.2, 0.25) is 0 Å². The highest BCUT2D eigenvalue weighted by molar-refractivity contribution is 7.89. The fourth-order valence-corrected chi connectivity index (χ4v) is 6.54. The van der Waals surface area contributed by atoms with Gasteiger partial charge in [-0.05, 0) is 67.6 Å². The number of nitriles is 1. The van der Waals surface area contributed by atoms with Gasteiger partial charge in [0.25, 0.3) is 0 Å². The first-order valence-electron chi connectivity index (χ1n) is 11.7. The van der Waals surface area contributed by atoms with E-state index in [0.717, 1.165) is 29.9 Å². The molecule has 0 N–H and O–H groups in total. The van der Waals surface area contributed by atoms with E-state index in [1.54, 1.807) is 0 Å². The Morgan fingerprint density at radius 2 is 1.65 bits per heavy atom. The third-order valence-corrected chi connectivity index (χ3v) is 8.82. The molecule has 0 radical (unpaired) electrons. The van der Waals surface area contributed by atoms with E-state index in [9.17, 15) is 13.2 Å². The molecule has 2 fully saturated rings. The average molecular weight is 482 g/mol. The van der Waals surface area contributed by atoms with Gasteiger partial charge < -0.3 is 14.4 Å². The first-order valence-corrected chi connectivity index (χ1v) is 13.1. The van der Waals surface area contributed by atoms with Gasteiger partial charge in [0, 0.05) is 25.6 Å². The van der Waals surface area contributed by atoms with E-state index in [-0.39, 0.29) is 22.8 Å². The molecule has 1 atom stereocenters. The summed E-state index contributed by atoms with van der Waals surface area (Å²) >= 11 is 0. The van der Waals surface area contributed by atoms with Crippen LogP contribution in [0.5, 0.6) is 11.5 Å². The molecular formula is C25H27N3O5S. The number of piperidine rings is 1. The lowest BCUT2D eigenvalue weighted by atomic mass is 9.95. The number of likely N-dealkylation sites (tertiary alicyclic amines) is 1. The molecule has 34 heavy (non-hydrogen) atoms. The first-order chi connectivity index (χ1) is 16.5. The number of nitrogens with zero attached hydrogens (tertiary/aromatic N) is 3. The number of sulfonamides is 1. The highest BCUT2D eigenvalue weighted by atomic mass is 32.2. The van der Waals surface area contributed by atoms with Gasteiger partial charge in [-0.3, -0.25) is 4.79 Å². The van der Waals surface area contributed by atoms with Crippen LogP contribution in [0, 0.1) is 17.2 Å². The Hall–Kier alpha value is -3.09. The number of carbonyl (C=O) groups excluding carboxylic acids is 1. The first kappa shape index (κ1) is 22.7. The number of hydrogen-bond acceptors (Lipinski definition) is 6. The molecule has 0 bridgehead atoms. The Morgan fingerprint density at radius 1 is 0.941 bits per heavy atom. The maximum absolute atomic E-state index is 13.4. The molecule has 1 unspecified atom stereocenters. The molecule has 178 valence electrons. The summed E-state index contributed by atoms with van der Waals surface area (Å²) < 4.78 is 38.8. The van der Waals surface area contributed by atoms with Gasteiger partial charge in [-0.15, -0.1) is 0 Å². The molecule has 2 aromatic carbocycles. The van der Waals surface area contributed by atoms with Gasteiger partial charge in [-0.2, -0.15) is 9.57 Å². The minimum atomic E-state index is -3.64. The maximum atomic E-state index is 13.4. The van der Waals surface area contributed by atoms with Crippen molar-refractivity contribution >= 4 is 15.9 Å². The number of ether oxygens (including phenoxy) is 2. The van der Waals surface area contributed by atoms with Gasteiger partial charge in [0.2, 0.25) is 15.9 Å². The van der Waals surface area contributed by atoms with Crippen molar-refractivity contribution in [2.45, 2.75) is 36.6 Å². The predicted octanol–water partition coefficient (Wildman–Crippen LogP) is 3.09. The fourth-order valence-electron chi connectivity index (χ4n) is 5.07. The van der Waals surface area contributed by atoms with Gasteiger partial charge in [0.15, 0.2) is 11.5 Å². The van der Waals surface area contributed by atoms with Crippen molar-refractivity contribution in [3.8, 4) is 17.6 Å². The topological polar surface area (TPSA) is 99.9 Å². The van der Waals surface area contributed by atoms with Crippen molar-refractivity contribution in [1.29, 1.82) is 5.26 Å². The summed E-state index contributed by atoms with van der Waals surface area (Å²) in [7, 11) is -3.64. The van der Waals surface area contributed by atoms with Crippen LogP contribution in [-0.4, -0.2) is 56.4 Å². The van der Waals surface area contributed by atoms with E-state index >= 15 is 0 Å². The second kappa shape index (κ2) is 9.28.